The molecule has 3 nitrogen and oxygen atoms in total. The first kappa shape index (κ1) is 23.5. The Morgan fingerprint density at radius 3 is 2.19 bits per heavy atom. The van der Waals surface area contributed by atoms with Crippen LogP contribution in [0, 0.1) is 5.82 Å². The van der Waals surface area contributed by atoms with Crippen molar-refractivity contribution in [2.24, 2.45) is 0 Å². The van der Waals surface area contributed by atoms with Gasteiger partial charge in [-0.25, -0.2) is 4.39 Å². The number of alkyl halides is 3. The summed E-state index contributed by atoms with van der Waals surface area (Å²) in [5.74, 6) is -2.11. The Balaban J connectivity index is 1.88. The van der Waals surface area contributed by atoms with Gasteiger partial charge in [0.1, 0.15) is 5.82 Å². The molecule has 0 aromatic heterocycles. The van der Waals surface area contributed by atoms with Crippen LogP contribution in [0.2, 0.25) is 0 Å². The molecule has 0 aliphatic carbocycles. The molecule has 32 heavy (non-hydrogen) atoms. The smallest absolute Gasteiger partial charge is 0.345 e. The van der Waals surface area contributed by atoms with Crippen LogP contribution in [0.3, 0.4) is 0 Å². The van der Waals surface area contributed by atoms with E-state index in [4.69, 9.17) is 0 Å². The van der Waals surface area contributed by atoms with E-state index in [0.29, 0.717) is 18.6 Å². The molecule has 0 heterocycles. The average molecular weight is 444 g/mol. The number of amides is 1. The van der Waals surface area contributed by atoms with E-state index in [-0.39, 0.29) is 5.56 Å². The van der Waals surface area contributed by atoms with Crippen LogP contribution in [0.5, 0.6) is 0 Å². The lowest BCUT2D eigenvalue weighted by molar-refractivity contribution is -0.140. The lowest BCUT2D eigenvalue weighted by Crippen LogP contribution is -2.30. The molecule has 7 heteroatoms. The molecule has 0 radical (unpaired) electrons. The summed E-state index contributed by atoms with van der Waals surface area (Å²) in [6.45, 7) is 0.756. The van der Waals surface area contributed by atoms with Gasteiger partial charge in [0, 0.05) is 12.1 Å². The Labute approximate surface area is 184 Å². The van der Waals surface area contributed by atoms with E-state index in [2.05, 4.69) is 5.32 Å². The molecule has 3 aromatic rings. The zero-order chi connectivity index (χ0) is 23.3. The standard InChI is InChI=1S/C25H24F4N2O/c1-31(2)16-18-8-10-19(11-9-18)23(14-17-6-4-3-5-7-17)30-24(32)20-12-13-22(26)21(15-20)25(27,28)29/h3-13,15,23H,14,16H2,1-2H3,(H,30,32)/t23-/m1/s1. The molecular formula is C25H24F4N2O. The number of benzene rings is 3. The van der Waals surface area contributed by atoms with Crippen molar-refractivity contribution < 1.29 is 22.4 Å². The summed E-state index contributed by atoms with van der Waals surface area (Å²) in [4.78, 5) is 14.8. The number of hydrogen-bond donors (Lipinski definition) is 1. The van der Waals surface area contributed by atoms with Crippen LogP contribution in [-0.2, 0) is 19.1 Å². The molecule has 0 unspecified atom stereocenters. The number of carbonyl (C=O) groups is 1. The number of carbonyl (C=O) groups excluding carboxylic acids is 1. The molecule has 1 N–H and O–H groups in total. The molecule has 0 spiro atoms. The monoisotopic (exact) mass is 444 g/mol. The summed E-state index contributed by atoms with van der Waals surface area (Å²) >= 11 is 0. The quantitative estimate of drug-likeness (QED) is 0.480. The summed E-state index contributed by atoms with van der Waals surface area (Å²) < 4.78 is 52.8. The second-order valence-corrected chi connectivity index (χ2v) is 7.89. The third-order valence-electron chi connectivity index (χ3n) is 5.00. The van der Waals surface area contributed by atoms with Crippen molar-refractivity contribution in [1.82, 2.24) is 10.2 Å². The molecule has 0 bridgehead atoms. The fraction of sp³-hybridized carbons (Fsp3) is 0.240. The van der Waals surface area contributed by atoms with Gasteiger partial charge in [0.25, 0.3) is 5.91 Å². The first-order valence-electron chi connectivity index (χ1n) is 10.1. The lowest BCUT2D eigenvalue weighted by Gasteiger charge is -2.21. The Morgan fingerprint density at radius 2 is 1.59 bits per heavy atom. The van der Waals surface area contributed by atoms with Gasteiger partial charge in [0.2, 0.25) is 0 Å². The third kappa shape index (κ3) is 6.17. The molecule has 0 aliphatic rings. The minimum Gasteiger partial charge on any atom is -0.345 e. The van der Waals surface area contributed by atoms with Crippen molar-refractivity contribution in [3.8, 4) is 0 Å². The van der Waals surface area contributed by atoms with Crippen LogP contribution in [0.25, 0.3) is 0 Å². The normalized spacial score (nSPS) is 12.6. The van der Waals surface area contributed by atoms with E-state index in [9.17, 15) is 22.4 Å². The maximum Gasteiger partial charge on any atom is 0.419 e. The minimum absolute atomic E-state index is 0.249. The minimum atomic E-state index is -4.88. The number of nitrogens with one attached hydrogen (secondary N) is 1. The van der Waals surface area contributed by atoms with E-state index in [1.54, 1.807) is 0 Å². The fourth-order valence-corrected chi connectivity index (χ4v) is 3.45. The van der Waals surface area contributed by atoms with Crippen molar-refractivity contribution in [2.75, 3.05) is 14.1 Å². The Bertz CT molecular complexity index is 1050. The van der Waals surface area contributed by atoms with Crippen LogP contribution in [0.15, 0.2) is 72.8 Å². The van der Waals surface area contributed by atoms with Gasteiger partial charge in [-0.1, -0.05) is 54.6 Å². The molecule has 3 aromatic carbocycles. The van der Waals surface area contributed by atoms with Gasteiger partial charge in [0.05, 0.1) is 11.6 Å². The molecular weight excluding hydrogens is 420 g/mol. The van der Waals surface area contributed by atoms with Gasteiger partial charge in [-0.2, -0.15) is 13.2 Å². The van der Waals surface area contributed by atoms with Crippen molar-refractivity contribution in [1.29, 1.82) is 0 Å². The summed E-state index contributed by atoms with van der Waals surface area (Å²) in [6, 6.07) is 19.0. The molecule has 1 atom stereocenters. The topological polar surface area (TPSA) is 32.3 Å². The molecule has 1 amide bonds. The van der Waals surface area contributed by atoms with Crippen LogP contribution in [-0.4, -0.2) is 24.9 Å². The number of hydrogen-bond acceptors (Lipinski definition) is 2. The zero-order valence-electron chi connectivity index (χ0n) is 17.8. The molecule has 0 aliphatic heterocycles. The summed E-state index contributed by atoms with van der Waals surface area (Å²) in [7, 11) is 3.93. The van der Waals surface area contributed by atoms with Crippen molar-refractivity contribution >= 4 is 5.91 Å². The van der Waals surface area contributed by atoms with E-state index in [0.717, 1.165) is 29.3 Å². The SMILES string of the molecule is CN(C)Cc1ccc([C@@H](Cc2ccccc2)NC(=O)c2ccc(F)c(C(F)(F)F)c2)cc1. The summed E-state index contributed by atoms with van der Waals surface area (Å²) in [6.07, 6.45) is -4.43. The molecule has 3 rings (SSSR count). The van der Waals surface area contributed by atoms with Crippen molar-refractivity contribution in [3.63, 3.8) is 0 Å². The van der Waals surface area contributed by atoms with Crippen molar-refractivity contribution in [3.05, 3.63) is 106 Å². The number of rotatable bonds is 7. The first-order valence-corrected chi connectivity index (χ1v) is 10.1. The summed E-state index contributed by atoms with van der Waals surface area (Å²) in [5.41, 5.74) is 1.17. The maximum atomic E-state index is 13.6. The van der Waals surface area contributed by atoms with Crippen LogP contribution >= 0.6 is 0 Å². The van der Waals surface area contributed by atoms with E-state index in [1.807, 2.05) is 73.6 Å². The maximum absolute atomic E-state index is 13.6. The predicted molar refractivity (Wildman–Crippen MR) is 116 cm³/mol. The van der Waals surface area contributed by atoms with Crippen molar-refractivity contribution in [2.45, 2.75) is 25.2 Å². The average Bonchev–Trinajstić information content (AvgIpc) is 2.73. The highest BCUT2D eigenvalue weighted by Gasteiger charge is 2.34. The van der Waals surface area contributed by atoms with E-state index in [1.165, 1.54) is 0 Å². The zero-order valence-corrected chi connectivity index (χ0v) is 17.8. The Hall–Kier alpha value is -3.19. The van der Waals surface area contributed by atoms with Crippen LogP contribution in [0.4, 0.5) is 17.6 Å². The van der Waals surface area contributed by atoms with Gasteiger partial charge in [-0.05, 0) is 55.4 Å². The largest absolute Gasteiger partial charge is 0.419 e. The van der Waals surface area contributed by atoms with Crippen LogP contribution < -0.4 is 5.32 Å². The van der Waals surface area contributed by atoms with Gasteiger partial charge < -0.3 is 10.2 Å². The first-order chi connectivity index (χ1) is 15.1. The highest BCUT2D eigenvalue weighted by atomic mass is 19.4. The summed E-state index contributed by atoms with van der Waals surface area (Å²) in [5, 5.41) is 2.82. The second-order valence-electron chi connectivity index (χ2n) is 7.89. The molecule has 0 saturated heterocycles. The van der Waals surface area contributed by atoms with Gasteiger partial charge in [-0.15, -0.1) is 0 Å². The van der Waals surface area contributed by atoms with Gasteiger partial charge in [-0.3, -0.25) is 4.79 Å². The van der Waals surface area contributed by atoms with Crippen LogP contribution in [0.1, 0.15) is 38.7 Å². The number of halogens is 4. The molecule has 0 fully saturated rings. The highest BCUT2D eigenvalue weighted by molar-refractivity contribution is 5.94. The Kier molecular flexibility index (Phi) is 7.30. The predicted octanol–water partition coefficient (Wildman–Crippen LogP) is 5.62. The third-order valence-corrected chi connectivity index (χ3v) is 5.00. The Morgan fingerprint density at radius 1 is 0.938 bits per heavy atom. The van der Waals surface area contributed by atoms with Gasteiger partial charge in [0.15, 0.2) is 0 Å². The van der Waals surface area contributed by atoms with E-state index >= 15 is 0 Å². The van der Waals surface area contributed by atoms with E-state index < -0.39 is 29.5 Å². The fourth-order valence-electron chi connectivity index (χ4n) is 3.45. The lowest BCUT2D eigenvalue weighted by atomic mass is 9.97. The molecule has 0 saturated carbocycles. The number of nitrogens with zero attached hydrogens (tertiary/aromatic N) is 1. The second kappa shape index (κ2) is 9.96. The van der Waals surface area contributed by atoms with Gasteiger partial charge >= 0.3 is 6.18 Å². The highest BCUT2D eigenvalue weighted by Crippen LogP contribution is 2.32. The molecule has 168 valence electrons.